The Morgan fingerprint density at radius 1 is 1.35 bits per heavy atom. The van der Waals surface area contributed by atoms with Crippen molar-refractivity contribution in [3.05, 3.63) is 29.8 Å². The Balaban J connectivity index is 2.20. The minimum atomic E-state index is -5.04. The SMILES string of the molecule is O=C(ON1N=CCc2ccccc21)C(F)(F)F. The van der Waals surface area contributed by atoms with E-state index in [4.69, 9.17) is 0 Å². The molecule has 0 saturated carbocycles. The lowest BCUT2D eigenvalue weighted by Crippen LogP contribution is -2.33. The van der Waals surface area contributed by atoms with Crippen molar-refractivity contribution in [1.29, 1.82) is 0 Å². The number of nitrogens with zero attached hydrogens (tertiary/aromatic N) is 2. The molecule has 2 rings (SSSR count). The largest absolute Gasteiger partial charge is 0.493 e. The Morgan fingerprint density at radius 3 is 2.76 bits per heavy atom. The van der Waals surface area contributed by atoms with Crippen LogP contribution in [0, 0.1) is 0 Å². The molecule has 0 amide bonds. The maximum absolute atomic E-state index is 12.0. The minimum absolute atomic E-state index is 0.326. The fourth-order valence-electron chi connectivity index (χ4n) is 1.35. The van der Waals surface area contributed by atoms with E-state index < -0.39 is 12.1 Å². The van der Waals surface area contributed by atoms with Crippen LogP contribution in [0.1, 0.15) is 5.56 Å². The van der Waals surface area contributed by atoms with Crippen molar-refractivity contribution in [2.45, 2.75) is 12.6 Å². The lowest BCUT2D eigenvalue weighted by atomic mass is 10.1. The van der Waals surface area contributed by atoms with Crippen molar-refractivity contribution in [1.82, 2.24) is 0 Å². The van der Waals surface area contributed by atoms with Crippen LogP contribution in [0.5, 0.6) is 0 Å². The smallest absolute Gasteiger partial charge is 0.309 e. The molecule has 1 aromatic rings. The molecule has 0 atom stereocenters. The van der Waals surface area contributed by atoms with Gasteiger partial charge in [0.1, 0.15) is 5.69 Å². The second kappa shape index (κ2) is 4.08. The second-order valence-electron chi connectivity index (χ2n) is 3.28. The van der Waals surface area contributed by atoms with Crippen molar-refractivity contribution in [2.24, 2.45) is 5.10 Å². The number of hydrogen-bond acceptors (Lipinski definition) is 4. The zero-order chi connectivity index (χ0) is 12.5. The summed E-state index contributed by atoms with van der Waals surface area (Å²) in [5, 5.41) is 4.17. The molecule has 1 aromatic carbocycles. The molecule has 1 aliphatic rings. The first-order chi connectivity index (χ1) is 7.98. The van der Waals surface area contributed by atoms with Crippen LogP contribution in [-0.4, -0.2) is 18.4 Å². The van der Waals surface area contributed by atoms with Gasteiger partial charge in [-0.15, -0.1) is 5.10 Å². The van der Waals surface area contributed by atoms with Gasteiger partial charge in [0.15, 0.2) is 0 Å². The van der Waals surface area contributed by atoms with E-state index >= 15 is 0 Å². The van der Waals surface area contributed by atoms with Crippen LogP contribution in [-0.2, 0) is 16.1 Å². The van der Waals surface area contributed by atoms with Gasteiger partial charge < -0.3 is 4.84 Å². The van der Waals surface area contributed by atoms with Crippen LogP contribution in [0.2, 0.25) is 0 Å². The Hall–Kier alpha value is -2.05. The summed E-state index contributed by atoms with van der Waals surface area (Å²) in [5.74, 6) is -2.30. The van der Waals surface area contributed by atoms with Gasteiger partial charge >= 0.3 is 12.1 Å². The van der Waals surface area contributed by atoms with Crippen molar-refractivity contribution >= 4 is 17.9 Å². The highest BCUT2D eigenvalue weighted by molar-refractivity contribution is 5.78. The number of alkyl halides is 3. The molecule has 0 aromatic heterocycles. The van der Waals surface area contributed by atoms with Crippen LogP contribution < -0.4 is 5.17 Å². The molecule has 1 heterocycles. The van der Waals surface area contributed by atoms with Crippen molar-refractivity contribution in [3.8, 4) is 0 Å². The molecule has 0 bridgehead atoms. The molecule has 1 aliphatic heterocycles. The van der Waals surface area contributed by atoms with Gasteiger partial charge in [0, 0.05) is 12.6 Å². The molecular weight excluding hydrogens is 237 g/mol. The van der Waals surface area contributed by atoms with E-state index in [1.165, 1.54) is 12.3 Å². The molecule has 17 heavy (non-hydrogen) atoms. The van der Waals surface area contributed by atoms with Crippen LogP contribution >= 0.6 is 0 Å². The van der Waals surface area contributed by atoms with E-state index in [0.717, 1.165) is 5.56 Å². The summed E-state index contributed by atoms with van der Waals surface area (Å²) in [7, 11) is 0. The third kappa shape index (κ3) is 2.38. The van der Waals surface area contributed by atoms with Gasteiger partial charge in [-0.25, -0.2) is 4.79 Å². The molecule has 0 saturated heterocycles. The van der Waals surface area contributed by atoms with E-state index in [1.54, 1.807) is 18.2 Å². The quantitative estimate of drug-likeness (QED) is 0.759. The summed E-state index contributed by atoms with van der Waals surface area (Å²) >= 11 is 0. The summed E-state index contributed by atoms with van der Waals surface area (Å²) in [6, 6.07) is 6.60. The summed E-state index contributed by atoms with van der Waals surface area (Å²) in [4.78, 5) is 14.8. The molecule has 0 aliphatic carbocycles. The first kappa shape index (κ1) is 11.4. The van der Waals surface area contributed by atoms with Gasteiger partial charge in [-0.05, 0) is 11.6 Å². The highest BCUT2D eigenvalue weighted by atomic mass is 19.4. The third-order valence-corrected chi connectivity index (χ3v) is 2.10. The van der Waals surface area contributed by atoms with Crippen LogP contribution in [0.4, 0.5) is 18.9 Å². The number of halogens is 3. The van der Waals surface area contributed by atoms with Gasteiger partial charge in [-0.2, -0.15) is 13.2 Å². The van der Waals surface area contributed by atoms with Gasteiger partial charge in [-0.3, -0.25) is 0 Å². The Labute approximate surface area is 94.2 Å². The molecule has 0 spiro atoms. The van der Waals surface area contributed by atoms with E-state index in [0.29, 0.717) is 17.3 Å². The number of hydrogen-bond donors (Lipinski definition) is 0. The molecular formula is C10H7F3N2O2. The van der Waals surface area contributed by atoms with Crippen molar-refractivity contribution in [2.75, 3.05) is 5.17 Å². The number of carbonyl (C=O) groups is 1. The summed E-state index contributed by atoms with van der Waals surface area (Å²) in [6.45, 7) is 0. The second-order valence-corrected chi connectivity index (χ2v) is 3.28. The maximum Gasteiger partial charge on any atom is 0.493 e. The lowest BCUT2D eigenvalue weighted by molar-refractivity contribution is -0.201. The number of hydrazone groups is 1. The van der Waals surface area contributed by atoms with E-state index in [-0.39, 0.29) is 0 Å². The van der Waals surface area contributed by atoms with Gasteiger partial charge in [0.25, 0.3) is 0 Å². The Kier molecular flexibility index (Phi) is 2.74. The zero-order valence-electron chi connectivity index (χ0n) is 8.44. The van der Waals surface area contributed by atoms with Crippen molar-refractivity contribution < 1.29 is 22.8 Å². The molecule has 7 heteroatoms. The first-order valence-corrected chi connectivity index (χ1v) is 4.68. The normalized spacial score (nSPS) is 14.4. The highest BCUT2D eigenvalue weighted by Crippen LogP contribution is 2.26. The average Bonchev–Trinajstić information content (AvgIpc) is 2.28. The molecule has 0 unspecified atom stereocenters. The lowest BCUT2D eigenvalue weighted by Gasteiger charge is -2.22. The fraction of sp³-hybridized carbons (Fsp3) is 0.200. The number of benzene rings is 1. The summed E-state index contributed by atoms with van der Waals surface area (Å²) in [6.07, 6.45) is -3.19. The monoisotopic (exact) mass is 244 g/mol. The van der Waals surface area contributed by atoms with E-state index in [2.05, 4.69) is 9.94 Å². The molecule has 90 valence electrons. The fourth-order valence-corrected chi connectivity index (χ4v) is 1.35. The number of rotatable bonds is 1. The van der Waals surface area contributed by atoms with Crippen LogP contribution in [0.25, 0.3) is 0 Å². The summed E-state index contributed by atoms with van der Waals surface area (Å²) in [5.41, 5.74) is 1.06. The molecule has 0 N–H and O–H groups in total. The maximum atomic E-state index is 12.0. The Morgan fingerprint density at radius 2 is 2.06 bits per heavy atom. The number of anilines is 1. The van der Waals surface area contributed by atoms with Crippen molar-refractivity contribution in [3.63, 3.8) is 0 Å². The first-order valence-electron chi connectivity index (χ1n) is 4.68. The Bertz CT molecular complexity index is 471. The number of para-hydroxylation sites is 1. The summed E-state index contributed by atoms with van der Waals surface area (Å²) < 4.78 is 36.1. The predicted molar refractivity (Wildman–Crippen MR) is 53.3 cm³/mol. The van der Waals surface area contributed by atoms with Crippen LogP contribution in [0.15, 0.2) is 29.4 Å². The third-order valence-electron chi connectivity index (χ3n) is 2.10. The molecule has 0 radical (unpaired) electrons. The van der Waals surface area contributed by atoms with Gasteiger partial charge in [0.05, 0.1) is 0 Å². The van der Waals surface area contributed by atoms with E-state index in [1.807, 2.05) is 0 Å². The van der Waals surface area contributed by atoms with Crippen LogP contribution in [0.3, 0.4) is 0 Å². The standard InChI is InChI=1S/C10H7F3N2O2/c11-10(12,13)9(16)17-15-8-4-2-1-3-7(8)5-6-14-15/h1-4,6H,5H2. The average molecular weight is 244 g/mol. The number of carbonyl (C=O) groups excluding carboxylic acids is 1. The topological polar surface area (TPSA) is 41.9 Å². The highest BCUT2D eigenvalue weighted by Gasteiger charge is 2.43. The van der Waals surface area contributed by atoms with Gasteiger partial charge in [0.2, 0.25) is 0 Å². The molecule has 0 fully saturated rings. The minimum Gasteiger partial charge on any atom is -0.309 e. The van der Waals surface area contributed by atoms with E-state index in [9.17, 15) is 18.0 Å². The molecule has 4 nitrogen and oxygen atoms in total. The van der Waals surface area contributed by atoms with Gasteiger partial charge in [-0.1, -0.05) is 23.4 Å². The zero-order valence-corrected chi connectivity index (χ0v) is 8.44. The number of fused-ring (bicyclic) bond motifs is 1. The predicted octanol–water partition coefficient (Wildman–Crippen LogP) is 2.06.